The van der Waals surface area contributed by atoms with E-state index >= 15 is 0 Å². The lowest BCUT2D eigenvalue weighted by Gasteiger charge is -2.18. The molecule has 2 aromatic carbocycles. The predicted octanol–water partition coefficient (Wildman–Crippen LogP) is 3.58. The molecule has 152 valence electrons. The number of rotatable bonds is 8. The zero-order valence-electron chi connectivity index (χ0n) is 16.3. The third-order valence-corrected chi connectivity index (χ3v) is 6.44. The number of nitrogen functional groups attached to an aromatic ring is 1. The van der Waals surface area contributed by atoms with E-state index in [2.05, 4.69) is 20.6 Å². The van der Waals surface area contributed by atoms with Crippen molar-refractivity contribution in [3.63, 3.8) is 0 Å². The van der Waals surface area contributed by atoms with Gasteiger partial charge >= 0.3 is 0 Å². The molecule has 0 radical (unpaired) electrons. The lowest BCUT2D eigenvalue weighted by atomic mass is 10.3. The Bertz CT molecular complexity index is 1050. The van der Waals surface area contributed by atoms with Gasteiger partial charge in [0.1, 0.15) is 12.0 Å². The Balaban J connectivity index is 1.79. The van der Waals surface area contributed by atoms with Gasteiger partial charge in [0.2, 0.25) is 10.0 Å². The average molecular weight is 413 g/mol. The predicted molar refractivity (Wildman–Crippen MR) is 116 cm³/mol. The summed E-state index contributed by atoms with van der Waals surface area (Å²) in [6, 6.07) is 16.1. The fourth-order valence-electron chi connectivity index (χ4n) is 2.81. The second kappa shape index (κ2) is 8.89. The number of anilines is 5. The van der Waals surface area contributed by atoms with Crippen molar-refractivity contribution in [2.24, 2.45) is 0 Å². The van der Waals surface area contributed by atoms with Crippen LogP contribution >= 0.6 is 0 Å². The molecule has 0 spiro atoms. The lowest BCUT2D eigenvalue weighted by Crippen LogP contribution is -2.30. The molecule has 3 aromatic rings. The maximum atomic E-state index is 12.6. The molecule has 4 N–H and O–H groups in total. The molecule has 1 heterocycles. The zero-order chi connectivity index (χ0) is 20.9. The molecule has 8 nitrogen and oxygen atoms in total. The normalized spacial score (nSPS) is 11.4. The fourth-order valence-corrected chi connectivity index (χ4v) is 4.27. The highest BCUT2D eigenvalue weighted by Gasteiger charge is 2.21. The average Bonchev–Trinajstić information content (AvgIpc) is 2.73. The summed E-state index contributed by atoms with van der Waals surface area (Å²) in [7, 11) is -3.50. The van der Waals surface area contributed by atoms with Crippen molar-refractivity contribution in [2.45, 2.75) is 18.7 Å². The van der Waals surface area contributed by atoms with Crippen molar-refractivity contribution in [3.05, 3.63) is 60.9 Å². The second-order valence-electron chi connectivity index (χ2n) is 6.21. The summed E-state index contributed by atoms with van der Waals surface area (Å²) in [4.78, 5) is 8.62. The van der Waals surface area contributed by atoms with Gasteiger partial charge in [0.25, 0.3) is 0 Å². The molecule has 29 heavy (non-hydrogen) atoms. The third kappa shape index (κ3) is 4.64. The van der Waals surface area contributed by atoms with Crippen LogP contribution in [0.4, 0.5) is 28.7 Å². The van der Waals surface area contributed by atoms with Gasteiger partial charge in [-0.25, -0.2) is 18.4 Å². The Labute approximate surface area is 170 Å². The molecule has 0 aliphatic carbocycles. The van der Waals surface area contributed by atoms with Crippen molar-refractivity contribution in [1.29, 1.82) is 0 Å². The van der Waals surface area contributed by atoms with E-state index in [1.807, 2.05) is 44.2 Å². The Kier molecular flexibility index (Phi) is 6.30. The minimum Gasteiger partial charge on any atom is -0.393 e. The summed E-state index contributed by atoms with van der Waals surface area (Å²) < 4.78 is 26.6. The van der Waals surface area contributed by atoms with E-state index in [9.17, 15) is 8.42 Å². The Morgan fingerprint density at radius 3 is 1.90 bits per heavy atom. The van der Waals surface area contributed by atoms with Gasteiger partial charge in [-0.15, -0.1) is 0 Å². The van der Waals surface area contributed by atoms with Crippen LogP contribution in [-0.2, 0) is 10.0 Å². The number of nitrogens with two attached hydrogens (primary N) is 1. The zero-order valence-corrected chi connectivity index (χ0v) is 17.1. The maximum absolute atomic E-state index is 12.6. The number of benzene rings is 2. The molecule has 0 saturated carbocycles. The van der Waals surface area contributed by atoms with E-state index in [1.54, 1.807) is 24.3 Å². The number of nitrogens with one attached hydrogen (secondary N) is 2. The molecule has 0 bridgehead atoms. The van der Waals surface area contributed by atoms with Crippen LogP contribution in [0.25, 0.3) is 0 Å². The third-order valence-electron chi connectivity index (χ3n) is 4.38. The molecule has 0 aliphatic heterocycles. The highest BCUT2D eigenvalue weighted by Crippen LogP contribution is 2.28. The molecule has 0 amide bonds. The molecule has 0 aliphatic rings. The largest absolute Gasteiger partial charge is 0.393 e. The topological polar surface area (TPSA) is 113 Å². The molecular weight excluding hydrogens is 388 g/mol. The van der Waals surface area contributed by atoms with Crippen LogP contribution in [0.1, 0.15) is 13.8 Å². The second-order valence-corrected chi connectivity index (χ2v) is 8.15. The SMILES string of the molecule is CCN(CC)S(=O)(=O)c1ccc(Nc2ncnc(Nc3ccccc3)c2N)cc1. The number of hydrogen-bond donors (Lipinski definition) is 3. The summed E-state index contributed by atoms with van der Waals surface area (Å²) in [5.74, 6) is 0.909. The monoisotopic (exact) mass is 412 g/mol. The number of aromatic nitrogens is 2. The summed E-state index contributed by atoms with van der Waals surface area (Å²) in [5, 5.41) is 6.26. The van der Waals surface area contributed by atoms with E-state index in [4.69, 9.17) is 5.73 Å². The van der Waals surface area contributed by atoms with Crippen molar-refractivity contribution in [1.82, 2.24) is 14.3 Å². The van der Waals surface area contributed by atoms with Crippen LogP contribution in [0.5, 0.6) is 0 Å². The first kappa shape index (κ1) is 20.6. The van der Waals surface area contributed by atoms with Gasteiger partial charge in [0.05, 0.1) is 4.90 Å². The van der Waals surface area contributed by atoms with E-state index in [0.29, 0.717) is 36.1 Å². The van der Waals surface area contributed by atoms with Gasteiger partial charge in [-0.2, -0.15) is 4.31 Å². The summed E-state index contributed by atoms with van der Waals surface area (Å²) in [6.07, 6.45) is 1.41. The molecular formula is C20H24N6O2S. The van der Waals surface area contributed by atoms with Gasteiger partial charge in [0, 0.05) is 24.5 Å². The first-order valence-corrected chi connectivity index (χ1v) is 10.7. The van der Waals surface area contributed by atoms with Gasteiger partial charge in [0.15, 0.2) is 11.6 Å². The number of para-hydroxylation sites is 1. The van der Waals surface area contributed by atoms with E-state index in [1.165, 1.54) is 10.6 Å². The fraction of sp³-hybridized carbons (Fsp3) is 0.200. The van der Waals surface area contributed by atoms with E-state index < -0.39 is 10.0 Å². The van der Waals surface area contributed by atoms with Gasteiger partial charge < -0.3 is 16.4 Å². The van der Waals surface area contributed by atoms with Crippen LogP contribution in [0.15, 0.2) is 65.8 Å². The van der Waals surface area contributed by atoms with Crippen LogP contribution in [0, 0.1) is 0 Å². The van der Waals surface area contributed by atoms with Gasteiger partial charge in [-0.05, 0) is 36.4 Å². The smallest absolute Gasteiger partial charge is 0.243 e. The Morgan fingerprint density at radius 2 is 1.38 bits per heavy atom. The minimum atomic E-state index is -3.50. The summed E-state index contributed by atoms with van der Waals surface area (Å²) >= 11 is 0. The molecule has 9 heteroatoms. The molecule has 0 saturated heterocycles. The summed E-state index contributed by atoms with van der Waals surface area (Å²) in [6.45, 7) is 4.48. The molecule has 0 unspecified atom stereocenters. The van der Waals surface area contributed by atoms with Crippen LogP contribution in [-0.4, -0.2) is 35.8 Å². The molecule has 1 aromatic heterocycles. The van der Waals surface area contributed by atoms with Crippen LogP contribution in [0.3, 0.4) is 0 Å². The van der Waals surface area contributed by atoms with Crippen molar-refractivity contribution in [3.8, 4) is 0 Å². The number of nitrogens with zero attached hydrogens (tertiary/aromatic N) is 3. The van der Waals surface area contributed by atoms with Crippen molar-refractivity contribution >= 4 is 38.7 Å². The molecule has 0 atom stereocenters. The standard InChI is InChI=1S/C20H24N6O2S/c1-3-26(4-2)29(27,28)17-12-10-16(11-13-17)25-20-18(21)19(22-14-23-20)24-15-8-6-5-7-9-15/h5-14H,3-4,21H2,1-2H3,(H2,22,23,24,25). The highest BCUT2D eigenvalue weighted by atomic mass is 32.2. The van der Waals surface area contributed by atoms with Gasteiger partial charge in [-0.3, -0.25) is 0 Å². The lowest BCUT2D eigenvalue weighted by molar-refractivity contribution is 0.445. The quantitative estimate of drug-likeness (QED) is 0.518. The van der Waals surface area contributed by atoms with Crippen LogP contribution < -0.4 is 16.4 Å². The van der Waals surface area contributed by atoms with Crippen molar-refractivity contribution in [2.75, 3.05) is 29.5 Å². The summed E-state index contributed by atoms with van der Waals surface area (Å²) in [5.41, 5.74) is 8.08. The Morgan fingerprint density at radius 1 is 0.862 bits per heavy atom. The Hall–Kier alpha value is -3.17. The van der Waals surface area contributed by atoms with Crippen LogP contribution in [0.2, 0.25) is 0 Å². The number of sulfonamides is 1. The highest BCUT2D eigenvalue weighted by molar-refractivity contribution is 7.89. The van der Waals surface area contributed by atoms with E-state index in [-0.39, 0.29) is 4.90 Å². The maximum Gasteiger partial charge on any atom is 0.243 e. The van der Waals surface area contributed by atoms with Gasteiger partial charge in [-0.1, -0.05) is 32.0 Å². The van der Waals surface area contributed by atoms with E-state index in [0.717, 1.165) is 5.69 Å². The van der Waals surface area contributed by atoms with Crippen molar-refractivity contribution < 1.29 is 8.42 Å². The minimum absolute atomic E-state index is 0.244. The first-order valence-electron chi connectivity index (χ1n) is 9.25. The molecule has 0 fully saturated rings. The molecule has 3 rings (SSSR count). The first-order chi connectivity index (χ1) is 14.0. The number of hydrogen-bond acceptors (Lipinski definition) is 7.